The third-order valence-corrected chi connectivity index (χ3v) is 7.83. The number of rotatable bonds is 1. The van der Waals surface area contributed by atoms with Gasteiger partial charge in [0.2, 0.25) is 0 Å². The van der Waals surface area contributed by atoms with Crippen molar-refractivity contribution < 1.29 is 22.6 Å². The van der Waals surface area contributed by atoms with E-state index in [1.807, 2.05) is 0 Å². The summed E-state index contributed by atoms with van der Waals surface area (Å²) in [5, 5.41) is -1.20. The molecule has 124 valence electrons. The molecule has 6 nitrogen and oxygen atoms in total. The van der Waals surface area contributed by atoms with Gasteiger partial charge in [0.05, 0.1) is 0 Å². The van der Waals surface area contributed by atoms with Crippen molar-refractivity contribution in [2.75, 3.05) is 0 Å². The number of fused-ring (bicyclic) bond motifs is 2. The highest BCUT2D eigenvalue weighted by Gasteiger charge is 2.58. The maximum atomic E-state index is 12.8. The van der Waals surface area contributed by atoms with Gasteiger partial charge in [-0.3, -0.25) is 14.1 Å². The van der Waals surface area contributed by atoms with E-state index in [2.05, 4.69) is 15.9 Å². The molecule has 0 aromatic carbocycles. The zero-order chi connectivity index (χ0) is 16.2. The molecule has 3 N–H and O–H groups in total. The average molecular weight is 394 g/mol. The number of carbonyl (C=O) groups excluding carboxylic acids is 2. The third-order valence-electron chi connectivity index (χ3n) is 5.61. The lowest BCUT2D eigenvalue weighted by molar-refractivity contribution is -0.151. The van der Waals surface area contributed by atoms with Gasteiger partial charge in [0.1, 0.15) is 16.8 Å². The third kappa shape index (κ3) is 2.48. The fourth-order valence-electron chi connectivity index (χ4n) is 4.57. The van der Waals surface area contributed by atoms with E-state index in [1.54, 1.807) is 0 Å². The highest BCUT2D eigenvalue weighted by Crippen LogP contribution is 2.48. The van der Waals surface area contributed by atoms with Crippen molar-refractivity contribution in [2.24, 2.45) is 29.4 Å². The normalized spacial score (nSPS) is 46.0. The summed E-state index contributed by atoms with van der Waals surface area (Å²) < 4.78 is 32.5. The Bertz CT molecular complexity index is 606. The van der Waals surface area contributed by atoms with Crippen molar-refractivity contribution in [1.82, 2.24) is 0 Å². The Balaban J connectivity index is 1.99. The Kier molecular flexibility index (Phi) is 4.25. The number of nitrogens with two attached hydrogens (primary N) is 1. The molecule has 7 atom stereocenters. The maximum absolute atomic E-state index is 12.8. The lowest BCUT2D eigenvalue weighted by Gasteiger charge is -2.49. The molecule has 3 fully saturated rings. The molecule has 3 aliphatic rings. The second-order valence-electron chi connectivity index (χ2n) is 6.74. The fourth-order valence-corrected chi connectivity index (χ4v) is 6.83. The van der Waals surface area contributed by atoms with Gasteiger partial charge >= 0.3 is 0 Å². The number of Topliss-reactive ketones (excluding diaryl/α,β-unsaturated/α-hetero) is 2. The second kappa shape index (κ2) is 5.65. The number of alkyl halides is 1. The van der Waals surface area contributed by atoms with E-state index in [4.69, 9.17) is 5.73 Å². The van der Waals surface area contributed by atoms with Gasteiger partial charge in [-0.05, 0) is 19.3 Å². The lowest BCUT2D eigenvalue weighted by Crippen LogP contribution is -2.64. The van der Waals surface area contributed by atoms with Gasteiger partial charge < -0.3 is 5.73 Å². The van der Waals surface area contributed by atoms with Crippen LogP contribution in [0.5, 0.6) is 0 Å². The van der Waals surface area contributed by atoms with Crippen LogP contribution in [-0.2, 0) is 19.7 Å². The molecule has 0 bridgehead atoms. The Labute approximate surface area is 138 Å². The highest BCUT2D eigenvalue weighted by molar-refractivity contribution is 9.09. The summed E-state index contributed by atoms with van der Waals surface area (Å²) in [5.74, 6) is -1.98. The van der Waals surface area contributed by atoms with Gasteiger partial charge in [-0.1, -0.05) is 28.8 Å². The van der Waals surface area contributed by atoms with Crippen LogP contribution in [-0.4, -0.2) is 40.7 Å². The molecule has 0 amide bonds. The van der Waals surface area contributed by atoms with Crippen LogP contribution >= 0.6 is 15.9 Å². The van der Waals surface area contributed by atoms with Crippen molar-refractivity contribution in [3.05, 3.63) is 0 Å². The number of ketones is 2. The van der Waals surface area contributed by atoms with E-state index in [-0.39, 0.29) is 29.8 Å². The van der Waals surface area contributed by atoms with Gasteiger partial charge in [-0.15, -0.1) is 0 Å². The SMILES string of the molecule is NC1C2C(=O)C3CCCCC3C(=O)C2C(Br)CC1S(=O)(=O)O. The summed E-state index contributed by atoms with van der Waals surface area (Å²) in [6.45, 7) is 0. The summed E-state index contributed by atoms with van der Waals surface area (Å²) in [7, 11) is -4.35. The molecular weight excluding hydrogens is 374 g/mol. The predicted octanol–water partition coefficient (Wildman–Crippen LogP) is 0.928. The van der Waals surface area contributed by atoms with Crippen molar-refractivity contribution in [1.29, 1.82) is 0 Å². The van der Waals surface area contributed by atoms with Crippen LogP contribution in [0.25, 0.3) is 0 Å². The summed E-state index contributed by atoms with van der Waals surface area (Å²) in [6, 6.07) is -1.02. The maximum Gasteiger partial charge on any atom is 0.269 e. The molecule has 0 aromatic heterocycles. The zero-order valence-corrected chi connectivity index (χ0v) is 14.4. The van der Waals surface area contributed by atoms with E-state index in [1.165, 1.54) is 0 Å². The first-order chi connectivity index (χ1) is 10.2. The molecule has 22 heavy (non-hydrogen) atoms. The van der Waals surface area contributed by atoms with Crippen molar-refractivity contribution >= 4 is 37.6 Å². The fraction of sp³-hybridized carbons (Fsp3) is 0.857. The van der Waals surface area contributed by atoms with Crippen molar-refractivity contribution in [3.8, 4) is 0 Å². The first-order valence-electron chi connectivity index (χ1n) is 7.67. The molecule has 0 aromatic rings. The van der Waals surface area contributed by atoms with Crippen molar-refractivity contribution in [2.45, 2.75) is 48.2 Å². The van der Waals surface area contributed by atoms with E-state index in [9.17, 15) is 22.6 Å². The Morgan fingerprint density at radius 1 is 1.05 bits per heavy atom. The number of carbonyl (C=O) groups is 2. The summed E-state index contributed by atoms with van der Waals surface area (Å²) in [6.07, 6.45) is 3.32. The monoisotopic (exact) mass is 393 g/mol. The number of hydrogen-bond donors (Lipinski definition) is 2. The first kappa shape index (κ1) is 16.5. The van der Waals surface area contributed by atoms with E-state index < -0.39 is 38.1 Å². The van der Waals surface area contributed by atoms with Crippen LogP contribution in [0.4, 0.5) is 0 Å². The van der Waals surface area contributed by atoms with Crippen LogP contribution in [0.2, 0.25) is 0 Å². The summed E-state index contributed by atoms with van der Waals surface area (Å²) in [4.78, 5) is 25.2. The van der Waals surface area contributed by atoms with Crippen LogP contribution in [0.15, 0.2) is 0 Å². The van der Waals surface area contributed by atoms with Crippen LogP contribution in [0.3, 0.4) is 0 Å². The minimum atomic E-state index is -4.35. The largest absolute Gasteiger partial charge is 0.326 e. The standard InChI is InChI=1S/C14H20BrNO5S/c15-8-5-9(22(19,20)21)12(16)11-10(8)13(17)6-3-1-2-4-7(6)14(11)18/h6-12H,1-5,16H2,(H,19,20,21). The predicted molar refractivity (Wildman–Crippen MR) is 83.1 cm³/mol. The minimum absolute atomic E-state index is 0.0420. The van der Waals surface area contributed by atoms with Gasteiger partial charge in [0, 0.05) is 34.5 Å². The van der Waals surface area contributed by atoms with Crippen LogP contribution in [0.1, 0.15) is 32.1 Å². The Hall–Kier alpha value is -0.310. The molecule has 3 aliphatic carbocycles. The first-order valence-corrected chi connectivity index (χ1v) is 10.1. The Morgan fingerprint density at radius 2 is 1.55 bits per heavy atom. The van der Waals surface area contributed by atoms with Gasteiger partial charge in [-0.25, -0.2) is 0 Å². The number of hydrogen-bond acceptors (Lipinski definition) is 5. The molecular formula is C14H20BrNO5S. The van der Waals surface area contributed by atoms with Gasteiger partial charge in [-0.2, -0.15) is 8.42 Å². The number of halogens is 1. The van der Waals surface area contributed by atoms with Crippen LogP contribution < -0.4 is 5.73 Å². The quantitative estimate of drug-likeness (QED) is 0.505. The molecule has 7 unspecified atom stereocenters. The molecule has 0 heterocycles. The Morgan fingerprint density at radius 3 is 2.05 bits per heavy atom. The van der Waals surface area contributed by atoms with Gasteiger partial charge in [0.25, 0.3) is 10.1 Å². The minimum Gasteiger partial charge on any atom is -0.326 e. The summed E-state index contributed by atoms with van der Waals surface area (Å²) in [5.41, 5.74) is 6.02. The van der Waals surface area contributed by atoms with E-state index in [0.29, 0.717) is 6.42 Å². The smallest absolute Gasteiger partial charge is 0.269 e. The van der Waals surface area contributed by atoms with Gasteiger partial charge in [0.15, 0.2) is 0 Å². The van der Waals surface area contributed by atoms with E-state index in [0.717, 1.165) is 19.3 Å². The highest BCUT2D eigenvalue weighted by atomic mass is 79.9. The molecule has 3 saturated carbocycles. The molecule has 0 saturated heterocycles. The zero-order valence-electron chi connectivity index (χ0n) is 12.0. The van der Waals surface area contributed by atoms with E-state index >= 15 is 0 Å². The molecule has 0 aliphatic heterocycles. The summed E-state index contributed by atoms with van der Waals surface area (Å²) >= 11 is 3.37. The molecule has 0 spiro atoms. The van der Waals surface area contributed by atoms with Crippen molar-refractivity contribution in [3.63, 3.8) is 0 Å². The molecule has 3 rings (SSSR count). The topological polar surface area (TPSA) is 115 Å². The van der Waals surface area contributed by atoms with Crippen LogP contribution in [0, 0.1) is 23.7 Å². The average Bonchev–Trinajstić information content (AvgIpc) is 2.45. The lowest BCUT2D eigenvalue weighted by atomic mass is 9.57. The molecule has 0 radical (unpaired) electrons. The second-order valence-corrected chi connectivity index (χ2v) is 9.55. The molecule has 8 heteroatoms.